The first-order valence-electron chi connectivity index (χ1n) is 11.2. The number of nitrogens with zero attached hydrogens (tertiary/aromatic N) is 6. The topological polar surface area (TPSA) is 151 Å². The molecule has 186 valence electrons. The summed E-state index contributed by atoms with van der Waals surface area (Å²) in [7, 11) is 0. The largest absolute Gasteiger partial charge is 0.441 e. The van der Waals surface area contributed by atoms with E-state index in [2.05, 4.69) is 31.4 Å². The quantitative estimate of drug-likeness (QED) is 0.305. The molecule has 0 saturated heterocycles. The van der Waals surface area contributed by atoms with Gasteiger partial charge in [0.05, 0.1) is 23.9 Å². The van der Waals surface area contributed by atoms with Gasteiger partial charge in [0, 0.05) is 17.7 Å². The number of hydrogen-bond donors (Lipinski definition) is 3. The second kappa shape index (κ2) is 9.73. The van der Waals surface area contributed by atoms with Crippen molar-refractivity contribution in [3.63, 3.8) is 0 Å². The number of hydrogen-bond acceptors (Lipinski definition) is 9. The zero-order valence-electron chi connectivity index (χ0n) is 19.5. The molecule has 10 nitrogen and oxygen atoms in total. The van der Waals surface area contributed by atoms with Gasteiger partial charge in [-0.1, -0.05) is 18.2 Å². The average molecular weight is 502 g/mol. The summed E-state index contributed by atoms with van der Waals surface area (Å²) in [5.74, 6) is -1.30. The summed E-state index contributed by atoms with van der Waals surface area (Å²) in [6.07, 6.45) is 1.26. The molecule has 1 atom stereocenters. The van der Waals surface area contributed by atoms with E-state index in [0.29, 0.717) is 34.0 Å². The first-order valence-corrected chi connectivity index (χ1v) is 11.2. The number of aromatic nitrogens is 5. The fraction of sp³-hybridized carbons (Fsp3) is 0.160. The van der Waals surface area contributed by atoms with E-state index < -0.39 is 17.7 Å². The number of rotatable bonds is 7. The Morgan fingerprint density at radius 1 is 1.19 bits per heavy atom. The molecule has 0 aliphatic heterocycles. The number of aryl methyl sites for hydroxylation is 1. The first-order chi connectivity index (χ1) is 17.9. The number of fused-ring (bicyclic) bond motifs is 1. The van der Waals surface area contributed by atoms with Crippen LogP contribution in [0, 0.1) is 29.9 Å². The Morgan fingerprint density at radius 2 is 1.95 bits per heavy atom. The van der Waals surface area contributed by atoms with Gasteiger partial charge in [0.25, 0.3) is 0 Å². The molecule has 5 aromatic rings. The predicted octanol–water partition coefficient (Wildman–Crippen LogP) is 3.16. The summed E-state index contributed by atoms with van der Waals surface area (Å²) in [6, 6.07) is 11.2. The number of nitrogens with one attached hydrogen (secondary N) is 1. The van der Waals surface area contributed by atoms with E-state index in [-0.39, 0.29) is 36.0 Å². The molecule has 0 aliphatic rings. The van der Waals surface area contributed by atoms with Crippen LogP contribution < -0.4 is 11.1 Å². The number of nitriles is 1. The third-order valence-electron chi connectivity index (χ3n) is 5.75. The maximum atomic E-state index is 14.8. The van der Waals surface area contributed by atoms with Crippen molar-refractivity contribution < 1.29 is 18.3 Å². The lowest BCUT2D eigenvalue weighted by molar-refractivity contribution is 0.286. The Labute approximate surface area is 209 Å². The van der Waals surface area contributed by atoms with Gasteiger partial charge in [-0.05, 0) is 31.2 Å². The third kappa shape index (κ3) is 4.26. The minimum absolute atomic E-state index is 0.00714. The SMILES string of the molecule is Cc1ncoc1-c1c(-c2cccc(C#N)c2)nc(N)c2nc(C(NCCO)c3c(F)cccc3F)nn12. The molecule has 12 heteroatoms. The number of halogens is 2. The Balaban J connectivity index is 1.80. The summed E-state index contributed by atoms with van der Waals surface area (Å²) < 4.78 is 36.6. The van der Waals surface area contributed by atoms with E-state index in [0.717, 1.165) is 12.1 Å². The number of aliphatic hydroxyl groups is 1. The summed E-state index contributed by atoms with van der Waals surface area (Å²) in [5, 5.41) is 26.2. The van der Waals surface area contributed by atoms with Crippen molar-refractivity contribution in [3.8, 4) is 28.8 Å². The van der Waals surface area contributed by atoms with Crippen molar-refractivity contribution in [2.24, 2.45) is 0 Å². The minimum atomic E-state index is -1.15. The Hall–Kier alpha value is -4.73. The highest BCUT2D eigenvalue weighted by Gasteiger charge is 2.29. The normalized spacial score (nSPS) is 12.1. The summed E-state index contributed by atoms with van der Waals surface area (Å²) in [4.78, 5) is 13.2. The van der Waals surface area contributed by atoms with Crippen LogP contribution in [0.15, 0.2) is 53.3 Å². The standard InChI is InChI=1S/C25H20F2N8O2/c1-13-22(37-12-31-13)21-19(15-5-2-4-14(10-15)11-28)32-23(29)25-33-24(34-35(21)25)20(30-8-9-36)18-16(26)6-3-7-17(18)27/h2-7,10,12,20,30,36H,8-9H2,1H3,(H2,29,32). The van der Waals surface area contributed by atoms with Gasteiger partial charge >= 0.3 is 0 Å². The Kier molecular flexibility index (Phi) is 6.31. The molecule has 0 amide bonds. The van der Waals surface area contributed by atoms with E-state index in [1.54, 1.807) is 31.2 Å². The van der Waals surface area contributed by atoms with Crippen molar-refractivity contribution in [1.29, 1.82) is 5.26 Å². The molecule has 5 rings (SSSR count). The van der Waals surface area contributed by atoms with Crippen LogP contribution in [0.4, 0.5) is 14.6 Å². The van der Waals surface area contributed by atoms with Gasteiger partial charge in [-0.2, -0.15) is 5.26 Å². The maximum absolute atomic E-state index is 14.8. The van der Waals surface area contributed by atoms with Gasteiger partial charge < -0.3 is 20.6 Å². The van der Waals surface area contributed by atoms with Crippen LogP contribution in [0.5, 0.6) is 0 Å². The van der Waals surface area contributed by atoms with Crippen LogP contribution in [0.25, 0.3) is 28.4 Å². The van der Waals surface area contributed by atoms with Crippen molar-refractivity contribution in [1.82, 2.24) is 29.9 Å². The van der Waals surface area contributed by atoms with Crippen LogP contribution in [0.2, 0.25) is 0 Å². The van der Waals surface area contributed by atoms with E-state index in [1.165, 1.54) is 17.0 Å². The average Bonchev–Trinajstić information content (AvgIpc) is 3.53. The van der Waals surface area contributed by atoms with Gasteiger partial charge in [0.2, 0.25) is 0 Å². The van der Waals surface area contributed by atoms with Crippen LogP contribution in [0.3, 0.4) is 0 Å². The lowest BCUT2D eigenvalue weighted by atomic mass is 10.0. The second-order valence-electron chi connectivity index (χ2n) is 8.11. The molecule has 3 aromatic heterocycles. The predicted molar refractivity (Wildman–Crippen MR) is 129 cm³/mol. The molecule has 0 spiro atoms. The van der Waals surface area contributed by atoms with Gasteiger partial charge in [0.1, 0.15) is 29.1 Å². The van der Waals surface area contributed by atoms with Crippen LogP contribution in [0.1, 0.15) is 28.7 Å². The first kappa shape index (κ1) is 24.0. The van der Waals surface area contributed by atoms with Crippen molar-refractivity contribution in [2.75, 3.05) is 18.9 Å². The molecule has 37 heavy (non-hydrogen) atoms. The maximum Gasteiger partial charge on any atom is 0.199 e. The minimum Gasteiger partial charge on any atom is -0.441 e. The lowest BCUT2D eigenvalue weighted by Crippen LogP contribution is -2.28. The van der Waals surface area contributed by atoms with Crippen molar-refractivity contribution >= 4 is 11.5 Å². The Bertz CT molecular complexity index is 1640. The molecule has 0 saturated carbocycles. The number of aliphatic hydroxyl groups excluding tert-OH is 1. The fourth-order valence-electron chi connectivity index (χ4n) is 4.08. The molecular formula is C25H20F2N8O2. The highest BCUT2D eigenvalue weighted by atomic mass is 19.1. The number of nitrogens with two attached hydrogens (primary N) is 1. The molecular weight excluding hydrogens is 482 g/mol. The summed E-state index contributed by atoms with van der Waals surface area (Å²) in [5.41, 5.74) is 8.26. The zero-order chi connectivity index (χ0) is 26.1. The summed E-state index contributed by atoms with van der Waals surface area (Å²) in [6.45, 7) is 1.46. The van der Waals surface area contributed by atoms with Gasteiger partial charge in [-0.3, -0.25) is 0 Å². The fourth-order valence-corrected chi connectivity index (χ4v) is 4.08. The zero-order valence-corrected chi connectivity index (χ0v) is 19.5. The smallest absolute Gasteiger partial charge is 0.199 e. The second-order valence-corrected chi connectivity index (χ2v) is 8.11. The molecule has 0 fully saturated rings. The Morgan fingerprint density at radius 3 is 2.62 bits per heavy atom. The van der Waals surface area contributed by atoms with Gasteiger partial charge in [-0.25, -0.2) is 28.2 Å². The number of nitrogen functional groups attached to an aromatic ring is 1. The molecule has 3 heterocycles. The van der Waals surface area contributed by atoms with Gasteiger partial charge in [0.15, 0.2) is 29.4 Å². The van der Waals surface area contributed by atoms with E-state index in [1.807, 2.05) is 0 Å². The van der Waals surface area contributed by atoms with E-state index in [4.69, 9.17) is 10.2 Å². The van der Waals surface area contributed by atoms with Crippen molar-refractivity contribution in [2.45, 2.75) is 13.0 Å². The van der Waals surface area contributed by atoms with Gasteiger partial charge in [-0.15, -0.1) is 5.10 Å². The monoisotopic (exact) mass is 502 g/mol. The van der Waals surface area contributed by atoms with Crippen LogP contribution in [-0.4, -0.2) is 42.8 Å². The number of benzene rings is 2. The highest BCUT2D eigenvalue weighted by Crippen LogP contribution is 2.35. The highest BCUT2D eigenvalue weighted by molar-refractivity contribution is 5.82. The number of anilines is 1. The lowest BCUT2D eigenvalue weighted by Gasteiger charge is -2.17. The molecule has 0 radical (unpaired) electrons. The van der Waals surface area contributed by atoms with Crippen LogP contribution in [-0.2, 0) is 0 Å². The number of oxazole rings is 1. The van der Waals surface area contributed by atoms with Crippen LogP contribution >= 0.6 is 0 Å². The van der Waals surface area contributed by atoms with E-state index >= 15 is 0 Å². The molecule has 4 N–H and O–H groups in total. The molecule has 2 aromatic carbocycles. The van der Waals surface area contributed by atoms with E-state index in [9.17, 15) is 19.1 Å². The molecule has 1 unspecified atom stereocenters. The van der Waals surface area contributed by atoms with Crippen molar-refractivity contribution in [3.05, 3.63) is 83.1 Å². The third-order valence-corrected chi connectivity index (χ3v) is 5.75. The summed E-state index contributed by atoms with van der Waals surface area (Å²) >= 11 is 0. The molecule has 0 aliphatic carbocycles. The molecule has 0 bridgehead atoms.